The molecular formula is C85H128F3N17O24S2. The predicted molar refractivity (Wildman–Crippen MR) is 481 cm³/mol. The zero-order valence-electron chi connectivity index (χ0n) is 75.7. The first-order valence-electron chi connectivity index (χ1n) is 43.3. The molecule has 0 saturated carbocycles. The maximum absolute atomic E-state index is 13.0. The van der Waals surface area contributed by atoms with Crippen molar-refractivity contribution in [1.29, 1.82) is 0 Å². The highest BCUT2D eigenvalue weighted by molar-refractivity contribution is 8.13. The van der Waals surface area contributed by atoms with Crippen LogP contribution in [0.15, 0.2) is 54.6 Å². The number of nitrogens with two attached hydrogens (primary N) is 1. The number of hydrogen-bond acceptors (Lipinski definition) is 29. The number of anilines is 2. The summed E-state index contributed by atoms with van der Waals surface area (Å²) in [5, 5.41) is 55.2. The van der Waals surface area contributed by atoms with Crippen LogP contribution in [0.1, 0.15) is 136 Å². The van der Waals surface area contributed by atoms with Crippen molar-refractivity contribution in [1.82, 2.24) is 63.8 Å². The van der Waals surface area contributed by atoms with Crippen LogP contribution in [0.4, 0.5) is 35.0 Å². The number of aryl methyl sites for hydroxylation is 1. The van der Waals surface area contributed by atoms with E-state index < -0.39 is 83.2 Å². The van der Waals surface area contributed by atoms with Gasteiger partial charge in [-0.25, -0.2) is 4.79 Å². The fourth-order valence-electron chi connectivity index (χ4n) is 12.9. The van der Waals surface area contributed by atoms with Crippen molar-refractivity contribution in [2.24, 2.45) is 5.73 Å². The molecule has 2 fully saturated rings. The minimum Gasteiger partial charge on any atom is -0.542 e. The molecule has 14 N–H and O–H groups in total. The minimum absolute atomic E-state index is 0.0304. The van der Waals surface area contributed by atoms with E-state index in [-0.39, 0.29) is 175 Å². The van der Waals surface area contributed by atoms with Crippen LogP contribution in [0.2, 0.25) is 0 Å². The number of aliphatic carboxylic acids is 1. The van der Waals surface area contributed by atoms with E-state index >= 15 is 0 Å². The fraction of sp³-hybridized carbons (Fsp3) is 0.612. The monoisotopic (exact) mass is 1890 g/mol. The average molecular weight is 1890 g/mol. The molecule has 2 aliphatic rings. The maximum Gasteiger partial charge on any atom is 0.430 e. The lowest BCUT2D eigenvalue weighted by Crippen LogP contribution is -2.51. The number of hydrogen-bond donors (Lipinski definition) is 13. The summed E-state index contributed by atoms with van der Waals surface area (Å²) < 4.78 is 71.3. The minimum atomic E-state index is -5.19. The molecular weight excluding hydrogens is 1760 g/mol. The van der Waals surface area contributed by atoms with Gasteiger partial charge in [0.05, 0.1) is 127 Å². The van der Waals surface area contributed by atoms with Crippen molar-refractivity contribution < 1.29 is 128 Å². The van der Waals surface area contributed by atoms with Crippen molar-refractivity contribution >= 4 is 145 Å². The highest BCUT2D eigenvalue weighted by Crippen LogP contribution is 2.38. The Morgan fingerprint density at radius 1 is 0.611 bits per heavy atom. The quantitative estimate of drug-likeness (QED) is 0.00567. The molecule has 3 heterocycles. The number of nitro benzene ring substituents is 1. The molecule has 0 aliphatic carbocycles. The number of nitrogens with zero attached hydrogens (tertiary/aromatic N) is 4. The molecule has 730 valence electrons. The number of ether oxygens (including phenoxy) is 7. The number of thioether (sulfide) groups is 2. The number of carbonyl (C=O) groups is 14. The SMILES string of the molecule is CCCCOc1cc([N+](=O)[O-])c(C(C)NC(=O)COCCOCCNC(=O)COCCOCCNC(=O)[C@@H](CCCCNC(=O)CCCCC2SCC3NC(=O)NC32)NC(=O)CN)cc1OC.CCOC(=O)CCSC(=O)CNC(=O)CNC(=O)[C@H](CCCCNC(=O)CCC[n+]1c2cc(N(C)C)ccc2cc2ccc(N(C)C)cc21)NC(=O)CNC(C)=O.O=C([O-])C(F)(F)F. The molecule has 6 atom stereocenters. The van der Waals surface area contributed by atoms with Gasteiger partial charge in [-0.05, 0) is 108 Å². The number of pyridine rings is 1. The molecule has 2 aliphatic heterocycles. The van der Waals surface area contributed by atoms with Gasteiger partial charge < -0.3 is 122 Å². The van der Waals surface area contributed by atoms with Crippen LogP contribution in [-0.2, 0) is 92.6 Å². The second kappa shape index (κ2) is 62.2. The van der Waals surface area contributed by atoms with E-state index in [0.29, 0.717) is 88.6 Å². The highest BCUT2D eigenvalue weighted by Gasteiger charge is 2.43. The summed E-state index contributed by atoms with van der Waals surface area (Å²) >= 11 is 2.74. The van der Waals surface area contributed by atoms with Crippen LogP contribution < -0.4 is 98.5 Å². The smallest absolute Gasteiger partial charge is 0.430 e. The third-order valence-electron chi connectivity index (χ3n) is 19.7. The second-order valence-electron chi connectivity index (χ2n) is 30.4. The van der Waals surface area contributed by atoms with Crippen molar-refractivity contribution in [3.63, 3.8) is 0 Å². The number of urea groups is 1. The van der Waals surface area contributed by atoms with Crippen LogP contribution in [0.25, 0.3) is 21.8 Å². The number of nitro groups is 1. The number of fused-ring (bicyclic) bond motifs is 3. The zero-order valence-corrected chi connectivity index (χ0v) is 77.4. The molecule has 1 aromatic heterocycles. The summed E-state index contributed by atoms with van der Waals surface area (Å²) in [6.07, 6.45) is 3.27. The number of aromatic nitrogens is 1. The van der Waals surface area contributed by atoms with Gasteiger partial charge >= 0.3 is 18.2 Å². The van der Waals surface area contributed by atoms with E-state index in [1.165, 1.54) is 26.2 Å². The first kappa shape index (κ1) is 112. The van der Waals surface area contributed by atoms with Gasteiger partial charge in [0.1, 0.15) is 37.8 Å². The van der Waals surface area contributed by atoms with Crippen molar-refractivity contribution in [3.05, 3.63) is 70.3 Å². The number of carboxylic acids is 1. The molecule has 0 radical (unpaired) electrons. The van der Waals surface area contributed by atoms with E-state index in [2.05, 4.69) is 121 Å². The van der Waals surface area contributed by atoms with Crippen molar-refractivity contribution in [3.8, 4) is 11.5 Å². The van der Waals surface area contributed by atoms with E-state index in [0.717, 1.165) is 82.8 Å². The first-order chi connectivity index (χ1) is 62.5. The normalized spacial score (nSPS) is 14.2. The summed E-state index contributed by atoms with van der Waals surface area (Å²) in [4.78, 5) is 183. The van der Waals surface area contributed by atoms with Crippen LogP contribution in [0.5, 0.6) is 11.5 Å². The first-order valence-corrected chi connectivity index (χ1v) is 45.3. The van der Waals surface area contributed by atoms with E-state index in [1.54, 1.807) is 13.8 Å². The average Bonchev–Trinajstić information content (AvgIpc) is 0.857. The Morgan fingerprint density at radius 3 is 1.73 bits per heavy atom. The third-order valence-corrected chi connectivity index (χ3v) is 22.1. The Bertz CT molecular complexity index is 4320. The summed E-state index contributed by atoms with van der Waals surface area (Å²) in [6, 6.07) is 15.5. The van der Waals surface area contributed by atoms with Crippen molar-refractivity contribution in [2.45, 2.75) is 172 Å². The van der Waals surface area contributed by atoms with Crippen molar-refractivity contribution in [2.75, 3.05) is 175 Å². The Balaban J connectivity index is 0.000000516. The Morgan fingerprint density at radius 2 is 1.17 bits per heavy atom. The van der Waals surface area contributed by atoms with Crippen LogP contribution in [-0.4, -0.2) is 288 Å². The second-order valence-corrected chi connectivity index (χ2v) is 32.8. The van der Waals surface area contributed by atoms with Gasteiger partial charge in [0.15, 0.2) is 11.5 Å². The topological polar surface area (TPSA) is 551 Å². The lowest BCUT2D eigenvalue weighted by Gasteiger charge is -2.18. The summed E-state index contributed by atoms with van der Waals surface area (Å²) in [6.45, 7) is 8.19. The predicted octanol–water partition coefficient (Wildman–Crippen LogP) is 1.56. The van der Waals surface area contributed by atoms with Gasteiger partial charge in [0, 0.05) is 132 Å². The van der Waals surface area contributed by atoms with Gasteiger partial charge in [-0.15, -0.1) is 0 Å². The molecule has 41 nitrogen and oxygen atoms in total. The number of benzene rings is 3. The Labute approximate surface area is 767 Å². The van der Waals surface area contributed by atoms with E-state index in [4.69, 9.17) is 48.8 Å². The number of halogens is 3. The molecule has 131 heavy (non-hydrogen) atoms. The number of methoxy groups -OCH3 is 1. The molecule has 46 heteroatoms. The van der Waals surface area contributed by atoms with Crippen LogP contribution in [0.3, 0.4) is 0 Å². The number of rotatable bonds is 60. The Hall–Kier alpha value is -11.2. The largest absolute Gasteiger partial charge is 0.542 e. The fourth-order valence-corrected chi connectivity index (χ4v) is 15.1. The van der Waals surface area contributed by atoms with E-state index in [9.17, 15) is 85.6 Å². The molecule has 3 aromatic carbocycles. The number of alkyl halides is 3. The maximum atomic E-state index is 13.0. The van der Waals surface area contributed by atoms with Crippen LogP contribution >= 0.6 is 23.5 Å². The van der Waals surface area contributed by atoms with E-state index in [1.807, 2.05) is 46.9 Å². The molecule has 6 rings (SSSR count). The summed E-state index contributed by atoms with van der Waals surface area (Å²) in [5.74, 6) is -5.74. The zero-order chi connectivity index (χ0) is 96.8. The van der Waals surface area contributed by atoms with Gasteiger partial charge in [-0.2, -0.15) is 29.5 Å². The van der Waals surface area contributed by atoms with Gasteiger partial charge in [0.25, 0.3) is 5.69 Å². The number of nitrogens with one attached hydrogen (secondary N) is 12. The van der Waals surface area contributed by atoms with Gasteiger partial charge in [0.2, 0.25) is 75.2 Å². The number of unbranched alkanes of at least 4 members (excludes halogenated alkanes) is 4. The molecule has 12 amide bonds. The van der Waals surface area contributed by atoms with Gasteiger partial charge in [-0.3, -0.25) is 67.6 Å². The summed E-state index contributed by atoms with van der Waals surface area (Å²) in [5.41, 5.74) is 9.82. The molecule has 0 bridgehead atoms. The number of esters is 1. The number of amides is 12. The highest BCUT2D eigenvalue weighted by atomic mass is 32.2. The Kier molecular flexibility index (Phi) is 53.2. The molecule has 4 unspecified atom stereocenters. The van der Waals surface area contributed by atoms with Gasteiger partial charge in [-0.1, -0.05) is 31.5 Å². The number of carbonyl (C=O) groups excluding carboxylic acids is 14. The standard InChI is InChI=1S/C43H71N9O14S.C40H56N8O8S.C2HF3O2/c1-4-5-16-66-35-24-33(52(59)60)30(23-34(35)61-3)29(2)48-40(56)27-65-22-20-62-17-14-46-39(55)26-64-21-19-63-18-15-47-42(57)31(49-38(54)25-44)10-8-9-13-45-37(53)12-7-6-11-36-41-32(28-67-36)50-43(58)51-41;1-7-56-38(53)17-20-57-39(54)26-43-36(51)24-44-40(55)32(45-37(52)25-42-27(2)49)11-8-9-18-41-35(50)12-10-19-48-33-22-30(46(3)4)15-13-28(33)21-29-14-16-31(47(5)6)23-34(29)48;3-2(4,5)1(6)7/h23-24,29,31-32,36,41H,4-22,25-28,44H2,1-3H3,(H,45,53)(H,46,55)(H,47,57)(H,48,56)(H,49,54)(H2,50,51,58);13-16,21-23,32H,7-12,17-20,24-26H2,1-6H3,(H4-,41,42,43,44,45,49,50,51,52,55);(H,6,7)/t29?,31-,32?,36?,41?;32-;/m10./s1. The lowest BCUT2D eigenvalue weighted by molar-refractivity contribution is -0.645. The summed E-state index contributed by atoms with van der Waals surface area (Å²) in [7, 11) is 9.47. The molecule has 2 saturated heterocycles. The third kappa shape index (κ3) is 45.0. The molecule has 4 aromatic rings. The molecule has 0 spiro atoms. The number of carboxylic acid groups (broad SMARTS) is 1. The van der Waals surface area contributed by atoms with Crippen LogP contribution in [0, 0.1) is 10.1 Å². The lowest BCUT2D eigenvalue weighted by atomic mass is 10.0.